The van der Waals surface area contributed by atoms with E-state index in [1.54, 1.807) is 0 Å². The number of thiocarbonyl (C=S) groups is 1. The van der Waals surface area contributed by atoms with Crippen LogP contribution in [0.15, 0.2) is 0 Å². The minimum absolute atomic E-state index is 0.254. The molecule has 0 bridgehead atoms. The molecule has 0 aromatic heterocycles. The summed E-state index contributed by atoms with van der Waals surface area (Å²) in [5.41, 5.74) is -0.849. The van der Waals surface area contributed by atoms with Crippen molar-refractivity contribution in [3.05, 3.63) is 0 Å². The lowest BCUT2D eigenvalue weighted by Crippen LogP contribution is -2.61. The Labute approximate surface area is 206 Å². The molecule has 0 saturated carbocycles. The van der Waals surface area contributed by atoms with E-state index in [0.717, 1.165) is 32.4 Å². The van der Waals surface area contributed by atoms with Crippen molar-refractivity contribution in [2.45, 2.75) is 76.8 Å². The van der Waals surface area contributed by atoms with Crippen molar-refractivity contribution < 1.29 is 42.9 Å². The van der Waals surface area contributed by atoms with Gasteiger partial charge in [0.1, 0.15) is 17.0 Å². The van der Waals surface area contributed by atoms with E-state index >= 15 is 0 Å². The second kappa shape index (κ2) is 13.4. The van der Waals surface area contributed by atoms with Gasteiger partial charge in [0.25, 0.3) is 0 Å². The van der Waals surface area contributed by atoms with E-state index in [0.29, 0.717) is 4.32 Å². The average molecular weight is 524 g/mol. The van der Waals surface area contributed by atoms with Crippen molar-refractivity contribution in [1.29, 1.82) is 0 Å². The first-order valence-corrected chi connectivity index (χ1v) is 13.1. The molecule has 2 aliphatic rings. The molecule has 13 heteroatoms. The summed E-state index contributed by atoms with van der Waals surface area (Å²) in [5.74, 6) is -2.52. The molecule has 2 saturated heterocycles. The van der Waals surface area contributed by atoms with Gasteiger partial charge in [0.15, 0.2) is 23.7 Å². The molecule has 10 nitrogen and oxygen atoms in total. The van der Waals surface area contributed by atoms with Crippen molar-refractivity contribution >= 4 is 62.0 Å². The second-order valence-electron chi connectivity index (χ2n) is 7.56. The third-order valence-corrected chi connectivity index (χ3v) is 8.00. The van der Waals surface area contributed by atoms with Gasteiger partial charge in [0.2, 0.25) is 0 Å². The summed E-state index contributed by atoms with van der Waals surface area (Å²) >= 11 is 5.54. The van der Waals surface area contributed by atoms with Crippen LogP contribution >= 0.6 is 33.8 Å². The molecule has 0 aromatic carbocycles. The van der Waals surface area contributed by atoms with Gasteiger partial charge in [0.05, 0.1) is 0 Å². The molecule has 2 fully saturated rings. The lowest BCUT2D eigenvalue weighted by molar-refractivity contribution is -0.237. The van der Waals surface area contributed by atoms with Crippen molar-refractivity contribution in [3.63, 3.8) is 0 Å². The van der Waals surface area contributed by atoms with E-state index in [2.05, 4.69) is 4.90 Å². The zero-order valence-corrected chi connectivity index (χ0v) is 21.4. The van der Waals surface area contributed by atoms with Crippen molar-refractivity contribution in [2.24, 2.45) is 0 Å². The van der Waals surface area contributed by atoms with E-state index in [4.69, 9.17) is 35.9 Å². The van der Waals surface area contributed by atoms with E-state index in [9.17, 15) is 19.2 Å². The van der Waals surface area contributed by atoms with Crippen LogP contribution in [0.5, 0.6) is 0 Å². The minimum atomic E-state index is -1.17. The van der Waals surface area contributed by atoms with Crippen molar-refractivity contribution in [3.8, 4) is 0 Å². The van der Waals surface area contributed by atoms with Crippen molar-refractivity contribution in [2.75, 3.05) is 19.7 Å². The molecular formula is C20H29NO9S3. The number of nitrogens with zero attached hydrogens (tertiary/aromatic N) is 1. The summed E-state index contributed by atoms with van der Waals surface area (Å²) < 4.78 is 28.0. The molecule has 33 heavy (non-hydrogen) atoms. The van der Waals surface area contributed by atoms with Gasteiger partial charge >= 0.3 is 23.9 Å². The van der Waals surface area contributed by atoms with Crippen LogP contribution in [0.1, 0.15) is 47.0 Å². The molecule has 3 unspecified atom stereocenters. The summed E-state index contributed by atoms with van der Waals surface area (Å²) in [6, 6.07) is 0. The van der Waals surface area contributed by atoms with Crippen LogP contribution in [0.4, 0.5) is 0 Å². The number of hydrogen-bond donors (Lipinski definition) is 0. The Balaban J connectivity index is 2.27. The summed E-state index contributed by atoms with van der Waals surface area (Å²) in [6.45, 7) is 6.29. The summed E-state index contributed by atoms with van der Waals surface area (Å²) in [5, 5.41) is 0. The molecule has 2 heterocycles. The maximum absolute atomic E-state index is 11.9. The number of carbonyl (C=O) groups is 4. The first-order chi connectivity index (χ1) is 15.6. The Morgan fingerprint density at radius 2 is 1.39 bits per heavy atom. The largest absolute Gasteiger partial charge is 0.463 e. The molecule has 0 spiro atoms. The Bertz CT molecular complexity index is 744. The Morgan fingerprint density at radius 1 is 0.848 bits per heavy atom. The van der Waals surface area contributed by atoms with Gasteiger partial charge in [-0.1, -0.05) is 23.0 Å². The highest BCUT2D eigenvalue weighted by Gasteiger charge is 2.52. The van der Waals surface area contributed by atoms with Gasteiger partial charge in [-0.25, -0.2) is 0 Å². The lowest BCUT2D eigenvalue weighted by atomic mass is 9.99. The van der Waals surface area contributed by atoms with Gasteiger partial charge in [-0.2, -0.15) is 0 Å². The van der Waals surface area contributed by atoms with Crippen LogP contribution in [0.3, 0.4) is 0 Å². The third-order valence-electron chi connectivity index (χ3n) is 4.78. The normalized spacial score (nSPS) is 27.3. The summed E-state index contributed by atoms with van der Waals surface area (Å²) in [4.78, 5) is 49.0. The van der Waals surface area contributed by atoms with Gasteiger partial charge in [-0.05, 0) is 30.1 Å². The lowest BCUT2D eigenvalue weighted by Gasteiger charge is -2.44. The number of likely N-dealkylation sites (tertiary alicyclic amines) is 1. The number of piperidine rings is 1. The third kappa shape index (κ3) is 8.95. The predicted octanol–water partition coefficient (Wildman–Crippen LogP) is 2.22. The molecule has 0 aromatic rings. The molecular weight excluding hydrogens is 494 g/mol. The fourth-order valence-corrected chi connectivity index (χ4v) is 6.31. The summed E-state index contributed by atoms with van der Waals surface area (Å²) in [7, 11) is 2.49. The van der Waals surface area contributed by atoms with Crippen LogP contribution in [0, 0.1) is 0 Å². The second-order valence-corrected chi connectivity index (χ2v) is 10.5. The number of carbonyl (C=O) groups excluding carboxylic acids is 4. The van der Waals surface area contributed by atoms with Crippen molar-refractivity contribution in [1.82, 2.24) is 4.90 Å². The van der Waals surface area contributed by atoms with E-state index in [-0.39, 0.29) is 6.61 Å². The fourth-order valence-electron chi connectivity index (χ4n) is 3.48. The number of hydrogen-bond acceptors (Lipinski definition) is 12. The standard InChI is InChI=1S/C20H29NO9S3/c1-11(22)26-10-15-16(27-12(2)23)17(28-13(3)24)18(29-14(4)25)19(30-15)32-33-20(31)21-8-6-5-7-9-21/h15-19H,5-10H2,1-4H3/t15?,16-,17?,18?,19-/m0/s1. The first-order valence-electron chi connectivity index (χ1n) is 10.5. The average Bonchev–Trinajstić information content (AvgIpc) is 2.73. The summed E-state index contributed by atoms with van der Waals surface area (Å²) in [6.07, 6.45) is -1.11. The fraction of sp³-hybridized carbons (Fsp3) is 0.750. The molecule has 2 aliphatic heterocycles. The van der Waals surface area contributed by atoms with Crippen LogP contribution in [-0.2, 0) is 42.9 Å². The molecule has 186 valence electrons. The highest BCUT2D eigenvalue weighted by Crippen LogP contribution is 2.40. The number of ether oxygens (including phenoxy) is 5. The molecule has 0 N–H and O–H groups in total. The highest BCUT2D eigenvalue weighted by atomic mass is 33.1. The highest BCUT2D eigenvalue weighted by molar-refractivity contribution is 8.83. The van der Waals surface area contributed by atoms with Gasteiger partial charge in [0, 0.05) is 40.8 Å². The monoisotopic (exact) mass is 523 g/mol. The van der Waals surface area contributed by atoms with Crippen LogP contribution in [0.2, 0.25) is 0 Å². The predicted molar refractivity (Wildman–Crippen MR) is 125 cm³/mol. The van der Waals surface area contributed by atoms with Crippen LogP contribution in [0.25, 0.3) is 0 Å². The number of rotatable bonds is 7. The Hall–Kier alpha value is -1.57. The molecule has 0 aliphatic carbocycles. The molecule has 2 rings (SSSR count). The Kier molecular flexibility index (Phi) is 11.2. The number of esters is 4. The van der Waals surface area contributed by atoms with Gasteiger partial charge < -0.3 is 28.6 Å². The molecule has 0 amide bonds. The van der Waals surface area contributed by atoms with E-state index in [1.807, 2.05) is 0 Å². The topological polar surface area (TPSA) is 118 Å². The quantitative estimate of drug-likeness (QED) is 0.210. The minimum Gasteiger partial charge on any atom is -0.463 e. The van der Waals surface area contributed by atoms with Crippen LogP contribution < -0.4 is 0 Å². The van der Waals surface area contributed by atoms with E-state index < -0.39 is 53.7 Å². The Morgan fingerprint density at radius 3 is 1.94 bits per heavy atom. The zero-order valence-electron chi connectivity index (χ0n) is 19.0. The van der Waals surface area contributed by atoms with Crippen LogP contribution in [-0.4, -0.2) is 82.6 Å². The first kappa shape index (κ1) is 27.7. The molecule has 0 radical (unpaired) electrons. The maximum atomic E-state index is 11.9. The van der Waals surface area contributed by atoms with Gasteiger partial charge in [-0.15, -0.1) is 0 Å². The zero-order chi connectivity index (χ0) is 24.5. The van der Waals surface area contributed by atoms with E-state index in [1.165, 1.54) is 49.3 Å². The van der Waals surface area contributed by atoms with Gasteiger partial charge in [-0.3, -0.25) is 19.2 Å². The smallest absolute Gasteiger partial charge is 0.303 e. The SMILES string of the molecule is CC(=O)OCC1O[C@@H](SSC(=S)N2CCCCC2)C(OC(C)=O)C(OC(C)=O)[C@H]1OC(C)=O. The molecule has 5 atom stereocenters. The maximum Gasteiger partial charge on any atom is 0.303 e.